The fraction of sp³-hybridized carbons (Fsp3) is 0.200. The van der Waals surface area contributed by atoms with Crippen molar-refractivity contribution in [3.8, 4) is 0 Å². The van der Waals surface area contributed by atoms with Crippen molar-refractivity contribution in [3.63, 3.8) is 0 Å². The van der Waals surface area contributed by atoms with Gasteiger partial charge < -0.3 is 0 Å². The summed E-state index contributed by atoms with van der Waals surface area (Å²) in [6, 6.07) is 14.1. The maximum absolute atomic E-state index is 4.47. The first-order valence-corrected chi connectivity index (χ1v) is 11.1. The summed E-state index contributed by atoms with van der Waals surface area (Å²) in [4.78, 5) is 0. The van der Waals surface area contributed by atoms with Gasteiger partial charge in [-0.05, 0) is 88.6 Å². The number of hydrogen-bond donors (Lipinski definition) is 0. The Morgan fingerprint density at radius 1 is 0.733 bits per heavy atom. The van der Waals surface area contributed by atoms with Crippen molar-refractivity contribution < 1.29 is 0 Å². The van der Waals surface area contributed by atoms with Crippen LogP contribution in [-0.4, -0.2) is 0 Å². The van der Waals surface area contributed by atoms with Crippen LogP contribution in [0, 0.1) is 0 Å². The molecule has 0 saturated heterocycles. The lowest BCUT2D eigenvalue weighted by Crippen LogP contribution is -2.03. The van der Waals surface area contributed by atoms with Gasteiger partial charge in [0.2, 0.25) is 0 Å². The van der Waals surface area contributed by atoms with E-state index in [1.54, 1.807) is 0 Å². The fourth-order valence-corrected chi connectivity index (χ4v) is 4.65. The maximum Gasteiger partial charge on any atom is -0.00884 e. The minimum Gasteiger partial charge on any atom is -0.0909 e. The summed E-state index contributed by atoms with van der Waals surface area (Å²) in [5.74, 6) is 0. The zero-order valence-corrected chi connectivity index (χ0v) is 17.5. The van der Waals surface area contributed by atoms with E-state index in [-0.39, 0.29) is 0 Å². The Labute approximate surface area is 180 Å². The zero-order chi connectivity index (χ0) is 20.3. The van der Waals surface area contributed by atoms with Crippen molar-refractivity contribution in [3.05, 3.63) is 130 Å². The molecule has 0 N–H and O–H groups in total. The number of hydrogen-bond acceptors (Lipinski definition) is 0. The van der Waals surface area contributed by atoms with E-state index in [1.807, 2.05) is 0 Å². The molecule has 0 heteroatoms. The third-order valence-electron chi connectivity index (χ3n) is 6.51. The van der Waals surface area contributed by atoms with Crippen LogP contribution in [0.4, 0.5) is 0 Å². The van der Waals surface area contributed by atoms with Crippen molar-refractivity contribution in [1.29, 1.82) is 0 Å². The van der Waals surface area contributed by atoms with Crippen LogP contribution < -0.4 is 0 Å². The summed E-state index contributed by atoms with van der Waals surface area (Å²) < 4.78 is 0. The van der Waals surface area contributed by atoms with Crippen molar-refractivity contribution in [2.24, 2.45) is 0 Å². The van der Waals surface area contributed by atoms with E-state index in [0.717, 1.165) is 38.5 Å². The number of aryl methyl sites for hydroxylation is 4. The molecule has 0 aromatic heterocycles. The van der Waals surface area contributed by atoms with E-state index < -0.39 is 0 Å². The van der Waals surface area contributed by atoms with Crippen LogP contribution in [0.15, 0.2) is 96.7 Å². The topological polar surface area (TPSA) is 0 Å². The molecule has 2 aromatic rings. The highest BCUT2D eigenvalue weighted by Gasteiger charge is 2.14. The van der Waals surface area contributed by atoms with Crippen LogP contribution in [0.2, 0.25) is 0 Å². The average molecular weight is 389 g/mol. The summed E-state index contributed by atoms with van der Waals surface area (Å²) in [6.45, 7) is 4.47. The van der Waals surface area contributed by atoms with Crippen LogP contribution in [0.3, 0.4) is 0 Å². The van der Waals surface area contributed by atoms with Gasteiger partial charge in [0.05, 0.1) is 0 Å². The molecule has 0 fully saturated rings. The highest BCUT2D eigenvalue weighted by Crippen LogP contribution is 2.32. The fourth-order valence-electron chi connectivity index (χ4n) is 4.65. The van der Waals surface area contributed by atoms with Gasteiger partial charge in [0, 0.05) is 0 Å². The van der Waals surface area contributed by atoms with Crippen LogP contribution in [0.5, 0.6) is 0 Å². The van der Waals surface area contributed by atoms with Gasteiger partial charge in [0.25, 0.3) is 0 Å². The van der Waals surface area contributed by atoms with Crippen molar-refractivity contribution >= 4 is 11.6 Å². The van der Waals surface area contributed by atoms with E-state index in [4.69, 9.17) is 0 Å². The largest absolute Gasteiger partial charge is 0.0909 e. The predicted molar refractivity (Wildman–Crippen MR) is 129 cm³/mol. The minimum atomic E-state index is 1.00. The third-order valence-corrected chi connectivity index (χ3v) is 6.51. The molecule has 6 aliphatic rings. The van der Waals surface area contributed by atoms with Crippen LogP contribution in [0.25, 0.3) is 11.6 Å². The predicted octanol–water partition coefficient (Wildman–Crippen LogP) is 7.37. The van der Waals surface area contributed by atoms with Gasteiger partial charge in [-0.2, -0.15) is 0 Å². The minimum absolute atomic E-state index is 1.00. The molecule has 0 spiro atoms. The smallest absolute Gasteiger partial charge is 0.00884 e. The Morgan fingerprint density at radius 2 is 1.47 bits per heavy atom. The molecule has 0 atom stereocenters. The first-order chi connectivity index (χ1) is 14.8. The van der Waals surface area contributed by atoms with E-state index in [0.29, 0.717) is 0 Å². The molecule has 30 heavy (non-hydrogen) atoms. The van der Waals surface area contributed by atoms with Gasteiger partial charge in [-0.1, -0.05) is 91.6 Å². The highest BCUT2D eigenvalue weighted by molar-refractivity contribution is 5.81. The number of allylic oxidation sites excluding steroid dienone is 10. The third kappa shape index (κ3) is 3.96. The van der Waals surface area contributed by atoms with Gasteiger partial charge in [-0.15, -0.1) is 0 Å². The SMILES string of the molecule is C=C(C1=CC=CC1)c1cc2ccc1CCc1ccc(c(/C=C/C3=CC=CC3)c1)CC2. The Morgan fingerprint density at radius 3 is 2.23 bits per heavy atom. The second kappa shape index (κ2) is 8.32. The lowest BCUT2D eigenvalue weighted by Gasteiger charge is -2.18. The van der Waals surface area contributed by atoms with Crippen LogP contribution in [-0.2, 0) is 25.7 Å². The van der Waals surface area contributed by atoms with E-state index in [2.05, 4.69) is 91.6 Å². The van der Waals surface area contributed by atoms with Crippen LogP contribution >= 0.6 is 0 Å². The summed E-state index contributed by atoms with van der Waals surface area (Å²) in [7, 11) is 0. The molecular formula is C30H28. The summed E-state index contributed by atoms with van der Waals surface area (Å²) in [5.41, 5.74) is 12.3. The summed E-state index contributed by atoms with van der Waals surface area (Å²) in [5, 5.41) is 0. The highest BCUT2D eigenvalue weighted by atomic mass is 14.2. The Balaban J connectivity index is 1.45. The van der Waals surface area contributed by atoms with E-state index in [9.17, 15) is 0 Å². The molecule has 2 aromatic carbocycles. The second-order valence-electron chi connectivity index (χ2n) is 8.53. The van der Waals surface area contributed by atoms with Crippen molar-refractivity contribution in [2.75, 3.05) is 0 Å². The van der Waals surface area contributed by atoms with Gasteiger partial charge in [-0.25, -0.2) is 0 Å². The molecule has 0 aliphatic heterocycles. The standard InChI is InChI=1S/C30H28/c1-22(26-8-4-5-9-26)30-21-25-12-16-27-15-11-24(13-17-28(30)18-14-25)20-29(27)19-10-23-6-2-3-7-23/h2-6,8,10-11,14-15,18-21H,1,7,9,12-13,16-17H2/b19-10+. The zero-order valence-electron chi connectivity index (χ0n) is 17.5. The first kappa shape index (κ1) is 18.9. The first-order valence-electron chi connectivity index (χ1n) is 11.1. The van der Waals surface area contributed by atoms with Gasteiger partial charge in [0.15, 0.2) is 0 Å². The van der Waals surface area contributed by atoms with Gasteiger partial charge >= 0.3 is 0 Å². The Bertz CT molecular complexity index is 1140. The summed E-state index contributed by atoms with van der Waals surface area (Å²) in [6.07, 6.45) is 24.0. The molecule has 148 valence electrons. The Hall–Kier alpha value is -3.12. The van der Waals surface area contributed by atoms with Crippen molar-refractivity contribution in [2.45, 2.75) is 38.5 Å². The normalized spacial score (nSPS) is 17.3. The second-order valence-corrected chi connectivity index (χ2v) is 8.53. The van der Waals surface area contributed by atoms with Gasteiger partial charge in [0.1, 0.15) is 0 Å². The quantitative estimate of drug-likeness (QED) is 0.513. The Kier molecular flexibility index (Phi) is 5.24. The summed E-state index contributed by atoms with van der Waals surface area (Å²) >= 11 is 0. The molecule has 8 rings (SSSR count). The molecule has 0 amide bonds. The molecule has 0 heterocycles. The number of benzene rings is 2. The molecule has 0 saturated carbocycles. The van der Waals surface area contributed by atoms with E-state index >= 15 is 0 Å². The molecule has 0 unspecified atom stereocenters. The van der Waals surface area contributed by atoms with Crippen LogP contribution in [0.1, 0.15) is 46.2 Å². The van der Waals surface area contributed by atoms with Crippen molar-refractivity contribution in [1.82, 2.24) is 0 Å². The molecule has 4 bridgehead atoms. The molecular weight excluding hydrogens is 360 g/mol. The molecule has 6 aliphatic carbocycles. The number of rotatable bonds is 4. The maximum atomic E-state index is 4.47. The lowest BCUT2D eigenvalue weighted by molar-refractivity contribution is 0.915. The molecule has 0 radical (unpaired) electrons. The van der Waals surface area contributed by atoms with E-state index in [1.165, 1.54) is 50.1 Å². The monoisotopic (exact) mass is 388 g/mol. The van der Waals surface area contributed by atoms with Gasteiger partial charge in [-0.3, -0.25) is 0 Å². The average Bonchev–Trinajstić information content (AvgIpc) is 3.48. The molecule has 0 nitrogen and oxygen atoms in total. The lowest BCUT2D eigenvalue weighted by atomic mass is 9.87.